The number of nitrogen functional groups attached to an aromatic ring is 1. The second-order valence-electron chi connectivity index (χ2n) is 4.88. The van der Waals surface area contributed by atoms with Crippen molar-refractivity contribution >= 4 is 11.4 Å². The van der Waals surface area contributed by atoms with Crippen LogP contribution >= 0.6 is 0 Å². The monoisotopic (exact) mass is 275 g/mol. The molecule has 0 amide bonds. The lowest BCUT2D eigenvalue weighted by molar-refractivity contribution is 1.15. The van der Waals surface area contributed by atoms with Crippen LogP contribution in [0.1, 0.15) is 5.56 Å². The molecule has 0 aliphatic rings. The Bertz CT molecular complexity index is 709. The predicted molar refractivity (Wildman–Crippen MR) is 87.9 cm³/mol. The summed E-state index contributed by atoms with van der Waals surface area (Å²) in [5.74, 6) is 0. The molecule has 0 aliphatic heterocycles. The molecule has 3 nitrogen and oxygen atoms in total. The van der Waals surface area contributed by atoms with Crippen LogP contribution in [0.4, 0.5) is 11.4 Å². The molecule has 3 rings (SSSR count). The molecule has 2 aromatic carbocycles. The summed E-state index contributed by atoms with van der Waals surface area (Å²) >= 11 is 0. The highest BCUT2D eigenvalue weighted by molar-refractivity contribution is 5.79. The van der Waals surface area contributed by atoms with Crippen molar-refractivity contribution in [2.24, 2.45) is 0 Å². The second kappa shape index (κ2) is 6.09. The fourth-order valence-corrected chi connectivity index (χ4v) is 2.24. The molecule has 0 spiro atoms. The number of nitrogens with one attached hydrogen (secondary N) is 1. The number of rotatable bonds is 4. The molecule has 3 heteroatoms. The third-order valence-electron chi connectivity index (χ3n) is 3.37. The van der Waals surface area contributed by atoms with E-state index in [4.69, 9.17) is 5.73 Å². The van der Waals surface area contributed by atoms with Crippen LogP contribution in [0.5, 0.6) is 0 Å². The van der Waals surface area contributed by atoms with E-state index < -0.39 is 0 Å². The van der Waals surface area contributed by atoms with Gasteiger partial charge in [0.1, 0.15) is 0 Å². The summed E-state index contributed by atoms with van der Waals surface area (Å²) in [7, 11) is 0. The van der Waals surface area contributed by atoms with E-state index in [1.54, 1.807) is 6.20 Å². The first-order valence-corrected chi connectivity index (χ1v) is 6.90. The summed E-state index contributed by atoms with van der Waals surface area (Å²) in [6, 6.07) is 20.2. The molecule has 0 saturated carbocycles. The highest BCUT2D eigenvalue weighted by atomic mass is 14.9. The van der Waals surface area contributed by atoms with Gasteiger partial charge in [0.15, 0.2) is 0 Å². The number of nitrogens with two attached hydrogens (primary N) is 1. The molecule has 0 unspecified atom stereocenters. The Morgan fingerprint density at radius 1 is 0.952 bits per heavy atom. The summed E-state index contributed by atoms with van der Waals surface area (Å²) in [6.45, 7) is 0.789. The summed E-state index contributed by atoms with van der Waals surface area (Å²) in [5.41, 5.74) is 11.2. The van der Waals surface area contributed by atoms with E-state index in [0.717, 1.165) is 29.0 Å². The Morgan fingerprint density at radius 2 is 1.81 bits per heavy atom. The molecule has 1 heterocycles. The van der Waals surface area contributed by atoms with Gasteiger partial charge in [0.05, 0.1) is 0 Å². The van der Waals surface area contributed by atoms with Gasteiger partial charge in [0.2, 0.25) is 0 Å². The Kier molecular flexibility index (Phi) is 3.83. The van der Waals surface area contributed by atoms with Gasteiger partial charge in [-0.05, 0) is 29.8 Å². The smallest absolute Gasteiger partial charge is 0.0400 e. The van der Waals surface area contributed by atoms with Crippen LogP contribution in [0, 0.1) is 0 Å². The zero-order chi connectivity index (χ0) is 14.5. The molecule has 104 valence electrons. The fourth-order valence-electron chi connectivity index (χ4n) is 2.24. The van der Waals surface area contributed by atoms with Gasteiger partial charge in [0.25, 0.3) is 0 Å². The maximum atomic E-state index is 6.07. The molecule has 21 heavy (non-hydrogen) atoms. The van der Waals surface area contributed by atoms with Crippen LogP contribution in [0.15, 0.2) is 73.1 Å². The average Bonchev–Trinajstić information content (AvgIpc) is 2.56. The standard InChI is InChI=1S/C18H17N3/c19-18-9-8-16(21-12-14-5-2-1-3-6-14)11-17(18)15-7-4-10-20-13-15/h1-11,13,21H,12,19H2. The maximum Gasteiger partial charge on any atom is 0.0400 e. The van der Waals surface area contributed by atoms with Gasteiger partial charge in [-0.15, -0.1) is 0 Å². The molecular formula is C18H17N3. The van der Waals surface area contributed by atoms with Crippen molar-refractivity contribution in [2.45, 2.75) is 6.54 Å². The van der Waals surface area contributed by atoms with E-state index in [-0.39, 0.29) is 0 Å². The normalized spacial score (nSPS) is 10.3. The lowest BCUT2D eigenvalue weighted by Gasteiger charge is -2.11. The highest BCUT2D eigenvalue weighted by Gasteiger charge is 2.04. The van der Waals surface area contributed by atoms with Gasteiger partial charge in [-0.25, -0.2) is 0 Å². The summed E-state index contributed by atoms with van der Waals surface area (Å²) in [6.07, 6.45) is 3.59. The first-order valence-electron chi connectivity index (χ1n) is 6.90. The van der Waals surface area contributed by atoms with Crippen molar-refractivity contribution in [1.29, 1.82) is 0 Å². The lowest BCUT2D eigenvalue weighted by atomic mass is 10.0. The van der Waals surface area contributed by atoms with Crippen molar-refractivity contribution < 1.29 is 0 Å². The molecule has 0 saturated heterocycles. The van der Waals surface area contributed by atoms with E-state index in [1.807, 2.05) is 48.7 Å². The van der Waals surface area contributed by atoms with Gasteiger partial charge in [0, 0.05) is 41.4 Å². The van der Waals surface area contributed by atoms with Crippen LogP contribution in [-0.2, 0) is 6.54 Å². The van der Waals surface area contributed by atoms with Crippen molar-refractivity contribution in [2.75, 3.05) is 11.1 Å². The van der Waals surface area contributed by atoms with Gasteiger partial charge < -0.3 is 11.1 Å². The number of aromatic nitrogens is 1. The number of benzene rings is 2. The Balaban J connectivity index is 1.81. The molecule has 0 aliphatic carbocycles. The first-order chi connectivity index (χ1) is 10.3. The molecular weight excluding hydrogens is 258 g/mol. The van der Waals surface area contributed by atoms with Crippen LogP contribution < -0.4 is 11.1 Å². The van der Waals surface area contributed by atoms with E-state index in [9.17, 15) is 0 Å². The zero-order valence-electron chi connectivity index (χ0n) is 11.7. The lowest BCUT2D eigenvalue weighted by Crippen LogP contribution is -2.00. The summed E-state index contributed by atoms with van der Waals surface area (Å²) in [4.78, 5) is 4.15. The van der Waals surface area contributed by atoms with Gasteiger partial charge >= 0.3 is 0 Å². The van der Waals surface area contributed by atoms with E-state index in [0.29, 0.717) is 0 Å². The average molecular weight is 275 g/mol. The molecule has 1 aromatic heterocycles. The molecule has 0 radical (unpaired) electrons. The third kappa shape index (κ3) is 3.20. The van der Waals surface area contributed by atoms with Crippen molar-refractivity contribution in [3.05, 3.63) is 78.6 Å². The number of nitrogens with zero attached hydrogens (tertiary/aromatic N) is 1. The second-order valence-corrected chi connectivity index (χ2v) is 4.88. The van der Waals surface area contributed by atoms with Crippen LogP contribution in [0.2, 0.25) is 0 Å². The first kappa shape index (κ1) is 13.2. The number of hydrogen-bond acceptors (Lipinski definition) is 3. The maximum absolute atomic E-state index is 6.07. The van der Waals surface area contributed by atoms with Crippen LogP contribution in [0.3, 0.4) is 0 Å². The number of hydrogen-bond donors (Lipinski definition) is 2. The zero-order valence-corrected chi connectivity index (χ0v) is 11.7. The quantitative estimate of drug-likeness (QED) is 0.709. The topological polar surface area (TPSA) is 50.9 Å². The van der Waals surface area contributed by atoms with Crippen molar-refractivity contribution in [3.8, 4) is 11.1 Å². The van der Waals surface area contributed by atoms with E-state index in [1.165, 1.54) is 5.56 Å². The van der Waals surface area contributed by atoms with Crippen LogP contribution in [-0.4, -0.2) is 4.98 Å². The van der Waals surface area contributed by atoms with Gasteiger partial charge in [-0.1, -0.05) is 36.4 Å². The van der Waals surface area contributed by atoms with E-state index in [2.05, 4.69) is 28.5 Å². The minimum Gasteiger partial charge on any atom is -0.398 e. The number of anilines is 2. The SMILES string of the molecule is Nc1ccc(NCc2ccccc2)cc1-c1cccnc1. The summed E-state index contributed by atoms with van der Waals surface area (Å²) in [5, 5.41) is 3.42. The Labute approximate surface area is 124 Å². The molecule has 0 fully saturated rings. The summed E-state index contributed by atoms with van der Waals surface area (Å²) < 4.78 is 0. The number of pyridine rings is 1. The van der Waals surface area contributed by atoms with E-state index >= 15 is 0 Å². The van der Waals surface area contributed by atoms with Crippen LogP contribution in [0.25, 0.3) is 11.1 Å². The van der Waals surface area contributed by atoms with Crippen molar-refractivity contribution in [1.82, 2.24) is 4.98 Å². The largest absolute Gasteiger partial charge is 0.398 e. The van der Waals surface area contributed by atoms with Crippen molar-refractivity contribution in [3.63, 3.8) is 0 Å². The Morgan fingerprint density at radius 3 is 2.57 bits per heavy atom. The minimum absolute atomic E-state index is 0.758. The fraction of sp³-hybridized carbons (Fsp3) is 0.0556. The Hall–Kier alpha value is -2.81. The molecule has 3 N–H and O–H groups in total. The highest BCUT2D eigenvalue weighted by Crippen LogP contribution is 2.28. The molecule has 3 aromatic rings. The third-order valence-corrected chi connectivity index (χ3v) is 3.37. The van der Waals surface area contributed by atoms with Gasteiger partial charge in [-0.2, -0.15) is 0 Å². The predicted octanol–water partition coefficient (Wildman–Crippen LogP) is 3.94. The molecule has 0 atom stereocenters. The minimum atomic E-state index is 0.758. The van der Waals surface area contributed by atoms with Gasteiger partial charge in [-0.3, -0.25) is 4.98 Å². The molecule has 0 bridgehead atoms.